The van der Waals surface area contributed by atoms with E-state index in [1.807, 2.05) is 19.9 Å². The molecule has 1 aromatic carbocycles. The highest BCUT2D eigenvalue weighted by atomic mass is 19.4. The van der Waals surface area contributed by atoms with E-state index in [1.165, 1.54) is 6.07 Å². The van der Waals surface area contributed by atoms with E-state index in [9.17, 15) is 27.9 Å². The number of rotatable bonds is 6. The van der Waals surface area contributed by atoms with E-state index in [1.54, 1.807) is 30.5 Å². The van der Waals surface area contributed by atoms with E-state index in [4.69, 9.17) is 14.6 Å². The second-order valence-electron chi connectivity index (χ2n) is 9.51. The number of halogens is 3. The molecule has 1 amide bonds. The molecule has 5 N–H and O–H groups in total. The van der Waals surface area contributed by atoms with Crippen molar-refractivity contribution in [2.45, 2.75) is 57.3 Å². The van der Waals surface area contributed by atoms with Crippen molar-refractivity contribution in [3.8, 4) is 17.6 Å². The first-order valence-corrected chi connectivity index (χ1v) is 12.7. The topological polar surface area (TPSA) is 167 Å². The van der Waals surface area contributed by atoms with Crippen molar-refractivity contribution in [1.29, 1.82) is 0 Å². The number of alkyl halides is 3. The number of carbonyl (C=O) groups is 3. The first-order chi connectivity index (χ1) is 19.8. The van der Waals surface area contributed by atoms with E-state index in [0.29, 0.717) is 29.0 Å². The van der Waals surface area contributed by atoms with Crippen molar-refractivity contribution < 1.29 is 42.5 Å². The number of amides is 1. The van der Waals surface area contributed by atoms with Crippen LogP contribution in [0.4, 0.5) is 29.6 Å². The normalized spacial score (nSPS) is 16.0. The molecule has 3 aromatic rings. The highest BCUT2D eigenvalue weighted by Crippen LogP contribution is 2.36. The number of phenols is 1. The molecule has 42 heavy (non-hydrogen) atoms. The lowest BCUT2D eigenvalue weighted by Crippen LogP contribution is -2.33. The molecule has 1 fully saturated rings. The minimum absolute atomic E-state index is 0.0413. The number of aromatic nitrogens is 3. The quantitative estimate of drug-likeness (QED) is 0.200. The van der Waals surface area contributed by atoms with Gasteiger partial charge in [0.05, 0.1) is 5.56 Å². The molecule has 1 aliphatic rings. The zero-order valence-corrected chi connectivity index (χ0v) is 22.5. The predicted molar refractivity (Wildman–Crippen MR) is 144 cm³/mol. The Kier molecular flexibility index (Phi) is 10.5. The van der Waals surface area contributed by atoms with Crippen LogP contribution >= 0.6 is 0 Å². The molecule has 14 heteroatoms. The fourth-order valence-corrected chi connectivity index (χ4v) is 3.99. The number of benzene rings is 1. The van der Waals surface area contributed by atoms with E-state index >= 15 is 0 Å². The van der Waals surface area contributed by atoms with Crippen molar-refractivity contribution in [2.24, 2.45) is 0 Å². The van der Waals surface area contributed by atoms with Crippen molar-refractivity contribution in [2.75, 3.05) is 5.32 Å². The van der Waals surface area contributed by atoms with Gasteiger partial charge in [0, 0.05) is 41.0 Å². The molecule has 0 aliphatic heterocycles. The molecule has 4 rings (SSSR count). The summed E-state index contributed by atoms with van der Waals surface area (Å²) in [5.41, 5.74) is 2.28. The lowest BCUT2D eigenvalue weighted by molar-refractivity contribution is -0.192. The fraction of sp³-hybridized carbons (Fsp3) is 0.321. The molecular weight excluding hydrogens is 559 g/mol. The van der Waals surface area contributed by atoms with E-state index in [0.717, 1.165) is 25.0 Å². The van der Waals surface area contributed by atoms with E-state index < -0.39 is 12.1 Å². The number of hydrogen-bond donors (Lipinski definition) is 5. The van der Waals surface area contributed by atoms with Gasteiger partial charge in [-0.3, -0.25) is 9.89 Å². The molecule has 11 nitrogen and oxygen atoms in total. The summed E-state index contributed by atoms with van der Waals surface area (Å²) in [6.07, 6.45) is -0.890. The molecule has 2 aromatic heterocycles. The third-order valence-electron chi connectivity index (χ3n) is 5.90. The fourth-order valence-electron chi connectivity index (χ4n) is 3.99. The Bertz CT molecular complexity index is 1480. The summed E-state index contributed by atoms with van der Waals surface area (Å²) in [6.45, 7) is 3.79. The monoisotopic (exact) mass is 587 g/mol. The number of carboxylic acid groups (broad SMARTS) is 1. The van der Waals surface area contributed by atoms with Crippen LogP contribution < -0.4 is 10.6 Å². The Morgan fingerprint density at radius 1 is 1.17 bits per heavy atom. The minimum atomic E-state index is -5.08. The minimum Gasteiger partial charge on any atom is -0.507 e. The Labute approximate surface area is 238 Å². The van der Waals surface area contributed by atoms with Gasteiger partial charge in [0.25, 0.3) is 0 Å². The molecule has 0 bridgehead atoms. The maximum absolute atomic E-state index is 11.9. The van der Waals surface area contributed by atoms with Gasteiger partial charge in [-0.05, 0) is 57.4 Å². The van der Waals surface area contributed by atoms with Crippen LogP contribution in [0.15, 0.2) is 42.6 Å². The van der Waals surface area contributed by atoms with Gasteiger partial charge in [-0.1, -0.05) is 17.9 Å². The molecule has 222 valence electrons. The van der Waals surface area contributed by atoms with Crippen LogP contribution in [0.25, 0.3) is 0 Å². The largest absolute Gasteiger partial charge is 0.507 e. The summed E-state index contributed by atoms with van der Waals surface area (Å²) in [5.74, 6) is 4.48. The molecule has 1 aliphatic carbocycles. The van der Waals surface area contributed by atoms with Crippen molar-refractivity contribution in [1.82, 2.24) is 20.5 Å². The number of alkyl carbamates (subject to hydrolysis) is 1. The van der Waals surface area contributed by atoms with Crippen LogP contribution in [0, 0.1) is 11.8 Å². The van der Waals surface area contributed by atoms with Crippen molar-refractivity contribution in [3.63, 3.8) is 0 Å². The van der Waals surface area contributed by atoms with Gasteiger partial charge in [0.2, 0.25) is 0 Å². The number of carbonyl (C=O) groups excluding carboxylic acids is 2. The molecule has 2 unspecified atom stereocenters. The Balaban J connectivity index is 0.000000616. The summed E-state index contributed by atoms with van der Waals surface area (Å²) in [4.78, 5) is 36.3. The molecule has 0 spiro atoms. The number of anilines is 2. The number of phenolic OH excluding ortho intramolecular Hbond substituents is 1. The maximum atomic E-state index is 11.9. The number of hydrogen-bond acceptors (Lipinski definition) is 8. The number of aromatic amines is 1. The number of ether oxygens (including phenoxy) is 1. The van der Waals surface area contributed by atoms with Crippen LogP contribution in [0.3, 0.4) is 0 Å². The van der Waals surface area contributed by atoms with Crippen LogP contribution in [0.1, 0.15) is 66.2 Å². The maximum Gasteiger partial charge on any atom is 0.490 e. The smallest absolute Gasteiger partial charge is 0.490 e. The average molecular weight is 588 g/mol. The van der Waals surface area contributed by atoms with Gasteiger partial charge in [0.15, 0.2) is 12.1 Å². The van der Waals surface area contributed by atoms with Gasteiger partial charge in [-0.2, -0.15) is 18.3 Å². The standard InChI is InChI=1S/C26H27N5O4.C2HF3O2/c1-16(2)28-26(34)35-20-9-8-19(13-20)22-14-25(31-30-22)29-24-12-17(10-11-27-24)6-7-18-4-3-5-23(33)21(18)15-32;3-2(4,5)1(6)7/h3-5,10-12,14-16,19-20,33H,8-9,13H2,1-2H3,(H,28,34)(H2,27,29,30,31);(H,6,7). The zero-order chi connectivity index (χ0) is 30.9. The molecule has 2 heterocycles. The molecule has 2 atom stereocenters. The van der Waals surface area contributed by atoms with Crippen LogP contribution in [0.5, 0.6) is 5.75 Å². The molecule has 0 saturated heterocycles. The predicted octanol–water partition coefficient (Wildman–Crippen LogP) is 4.87. The SMILES string of the molecule is CC(C)NC(=O)OC1CCC(c2cc(Nc3cc(C#Cc4cccc(O)c4C=O)ccn3)n[nH]2)C1.O=C(O)C(F)(F)F. The number of nitrogens with zero attached hydrogens (tertiary/aromatic N) is 2. The van der Waals surface area contributed by atoms with E-state index in [2.05, 4.69) is 37.7 Å². The van der Waals surface area contributed by atoms with Gasteiger partial charge in [-0.25, -0.2) is 14.6 Å². The number of aliphatic carboxylic acids is 1. The van der Waals surface area contributed by atoms with Gasteiger partial charge in [0.1, 0.15) is 17.7 Å². The summed E-state index contributed by atoms with van der Waals surface area (Å²) in [7, 11) is 0. The Morgan fingerprint density at radius 2 is 1.90 bits per heavy atom. The van der Waals surface area contributed by atoms with Crippen LogP contribution in [-0.2, 0) is 9.53 Å². The zero-order valence-electron chi connectivity index (χ0n) is 22.5. The second-order valence-corrected chi connectivity index (χ2v) is 9.51. The van der Waals surface area contributed by atoms with Gasteiger partial charge >= 0.3 is 18.2 Å². The Morgan fingerprint density at radius 3 is 2.57 bits per heavy atom. The second kappa shape index (κ2) is 14.0. The van der Waals surface area contributed by atoms with Crippen LogP contribution in [-0.4, -0.2) is 62.1 Å². The lowest BCUT2D eigenvalue weighted by atomic mass is 10.0. The number of H-pyrrole nitrogens is 1. The number of aromatic hydroxyl groups is 1. The number of aldehydes is 1. The number of nitrogens with one attached hydrogen (secondary N) is 3. The summed E-state index contributed by atoms with van der Waals surface area (Å²) >= 11 is 0. The number of carboxylic acids is 1. The first kappa shape index (κ1) is 31.5. The molecule has 1 saturated carbocycles. The summed E-state index contributed by atoms with van der Waals surface area (Å²) < 4.78 is 37.2. The highest BCUT2D eigenvalue weighted by Gasteiger charge is 2.38. The molecular formula is C28H28F3N5O6. The van der Waals surface area contributed by atoms with E-state index in [-0.39, 0.29) is 35.5 Å². The summed E-state index contributed by atoms with van der Waals surface area (Å²) in [5, 5.41) is 30.3. The van der Waals surface area contributed by atoms with Gasteiger partial charge in [-0.15, -0.1) is 0 Å². The first-order valence-electron chi connectivity index (χ1n) is 12.7. The third kappa shape index (κ3) is 9.26. The molecule has 0 radical (unpaired) electrons. The van der Waals surface area contributed by atoms with Crippen molar-refractivity contribution >= 4 is 30.0 Å². The Hall–Kier alpha value is -5.06. The number of pyridine rings is 1. The van der Waals surface area contributed by atoms with Crippen molar-refractivity contribution in [3.05, 3.63) is 65.0 Å². The average Bonchev–Trinajstić information content (AvgIpc) is 3.56. The highest BCUT2D eigenvalue weighted by molar-refractivity contribution is 5.83. The third-order valence-corrected chi connectivity index (χ3v) is 5.90. The van der Waals surface area contributed by atoms with Gasteiger partial charge < -0.3 is 25.6 Å². The van der Waals surface area contributed by atoms with Crippen LogP contribution in [0.2, 0.25) is 0 Å². The lowest BCUT2D eigenvalue weighted by Gasteiger charge is -2.14. The summed E-state index contributed by atoms with van der Waals surface area (Å²) in [6, 6.07) is 10.3.